The van der Waals surface area contributed by atoms with Crippen LogP contribution in [0.15, 0.2) is 77.7 Å². The molecule has 0 saturated heterocycles. The van der Waals surface area contributed by atoms with Crippen LogP contribution in [0.5, 0.6) is 5.75 Å². The van der Waals surface area contributed by atoms with Gasteiger partial charge in [0.15, 0.2) is 0 Å². The van der Waals surface area contributed by atoms with Crippen LogP contribution in [0.2, 0.25) is 0 Å². The number of carbonyl (C=O) groups is 1. The van der Waals surface area contributed by atoms with Gasteiger partial charge in [-0.3, -0.25) is 4.79 Å². The van der Waals surface area contributed by atoms with E-state index in [9.17, 15) is 9.90 Å². The zero-order chi connectivity index (χ0) is 18.4. The molecule has 3 aromatic carbocycles. The predicted octanol–water partition coefficient (Wildman–Crippen LogP) is 6.19. The summed E-state index contributed by atoms with van der Waals surface area (Å²) in [4.78, 5) is 12.6. The Morgan fingerprint density at radius 2 is 1.38 bits per heavy atom. The molecule has 0 bridgehead atoms. The normalized spacial score (nSPS) is 10.7. The number of rotatable bonds is 7. The molecule has 0 heterocycles. The fraction of sp³-hybridized carbons (Fsp3) is 0.174. The molecule has 0 spiro atoms. The first-order valence-electron chi connectivity index (χ1n) is 8.81. The molecule has 0 fully saturated rings. The van der Waals surface area contributed by atoms with Crippen molar-refractivity contribution in [2.75, 3.05) is 5.75 Å². The van der Waals surface area contributed by atoms with Crippen LogP contribution in [0.3, 0.4) is 0 Å². The van der Waals surface area contributed by atoms with Crippen molar-refractivity contribution in [2.45, 2.75) is 24.7 Å². The van der Waals surface area contributed by atoms with Gasteiger partial charge >= 0.3 is 0 Å². The molecule has 0 aliphatic rings. The van der Waals surface area contributed by atoms with Gasteiger partial charge in [0.2, 0.25) is 0 Å². The fourth-order valence-electron chi connectivity index (χ4n) is 2.83. The Morgan fingerprint density at radius 1 is 0.885 bits per heavy atom. The highest BCUT2D eigenvalue weighted by atomic mass is 32.2. The number of aromatic hydroxyl groups is 1. The zero-order valence-corrected chi connectivity index (χ0v) is 15.6. The minimum atomic E-state index is 0.280. The number of phenolic OH excluding ortho intramolecular Hbond substituents is 1. The maximum Gasteiger partial charge on any atom is 0.133 e. The standard InChI is InChI=1S/C23H22O2S/c1-2-19(24)13-14-26-20-15-21(17-9-5-3-6-10-17)23(25)22(16-20)18-11-7-4-8-12-18/h3-12,15-16,25H,2,13-14H2,1H3. The SMILES string of the molecule is CCC(=O)CCSc1cc(-c2ccccc2)c(O)c(-c2ccccc2)c1. The van der Waals surface area contributed by atoms with Gasteiger partial charge in [0.1, 0.15) is 11.5 Å². The number of benzene rings is 3. The largest absolute Gasteiger partial charge is 0.507 e. The second-order valence-electron chi connectivity index (χ2n) is 6.09. The quantitative estimate of drug-likeness (QED) is 0.509. The maximum absolute atomic E-state index is 11.6. The average Bonchev–Trinajstić information content (AvgIpc) is 2.70. The molecule has 0 atom stereocenters. The molecule has 0 aliphatic carbocycles. The van der Waals surface area contributed by atoms with Gasteiger partial charge < -0.3 is 5.11 Å². The number of ketones is 1. The second-order valence-corrected chi connectivity index (χ2v) is 7.26. The van der Waals surface area contributed by atoms with E-state index in [0.29, 0.717) is 12.8 Å². The molecule has 132 valence electrons. The summed E-state index contributed by atoms with van der Waals surface area (Å²) in [6, 6.07) is 23.8. The van der Waals surface area contributed by atoms with E-state index in [2.05, 4.69) is 0 Å². The van der Waals surface area contributed by atoms with Crippen molar-refractivity contribution in [3.8, 4) is 28.0 Å². The second kappa shape index (κ2) is 8.72. The number of hydrogen-bond acceptors (Lipinski definition) is 3. The fourth-order valence-corrected chi connectivity index (χ4v) is 3.79. The maximum atomic E-state index is 11.6. The van der Waals surface area contributed by atoms with Crippen molar-refractivity contribution >= 4 is 17.5 Å². The Balaban J connectivity index is 2.01. The molecule has 0 saturated carbocycles. The van der Waals surface area contributed by atoms with Crippen molar-refractivity contribution in [3.05, 3.63) is 72.8 Å². The topological polar surface area (TPSA) is 37.3 Å². The van der Waals surface area contributed by atoms with E-state index in [1.807, 2.05) is 79.7 Å². The first-order valence-corrected chi connectivity index (χ1v) is 9.80. The van der Waals surface area contributed by atoms with E-state index >= 15 is 0 Å². The third-order valence-corrected chi connectivity index (χ3v) is 5.27. The van der Waals surface area contributed by atoms with Gasteiger partial charge in [0, 0.05) is 34.6 Å². The van der Waals surface area contributed by atoms with Crippen LogP contribution in [0.1, 0.15) is 19.8 Å². The van der Waals surface area contributed by atoms with E-state index in [0.717, 1.165) is 32.9 Å². The monoisotopic (exact) mass is 362 g/mol. The number of hydrogen-bond donors (Lipinski definition) is 1. The van der Waals surface area contributed by atoms with Crippen molar-refractivity contribution in [2.24, 2.45) is 0 Å². The third-order valence-electron chi connectivity index (χ3n) is 4.30. The van der Waals surface area contributed by atoms with Crippen LogP contribution >= 0.6 is 11.8 Å². The number of Topliss-reactive ketones (excluding diaryl/α,β-unsaturated/α-hetero) is 1. The molecule has 0 aromatic heterocycles. The summed E-state index contributed by atoms with van der Waals surface area (Å²) in [6.07, 6.45) is 1.16. The molecular weight excluding hydrogens is 340 g/mol. The van der Waals surface area contributed by atoms with Crippen LogP contribution in [0, 0.1) is 0 Å². The van der Waals surface area contributed by atoms with Gasteiger partial charge in [-0.25, -0.2) is 0 Å². The highest BCUT2D eigenvalue weighted by Crippen LogP contribution is 2.41. The Labute approximate surface area is 158 Å². The number of carbonyl (C=O) groups excluding carboxylic acids is 1. The highest BCUT2D eigenvalue weighted by Gasteiger charge is 2.14. The van der Waals surface area contributed by atoms with Crippen LogP contribution in [-0.4, -0.2) is 16.6 Å². The molecule has 0 amide bonds. The summed E-state index contributed by atoms with van der Waals surface area (Å²) >= 11 is 1.66. The summed E-state index contributed by atoms with van der Waals surface area (Å²) in [5.41, 5.74) is 3.59. The van der Waals surface area contributed by atoms with E-state index in [-0.39, 0.29) is 11.5 Å². The van der Waals surface area contributed by atoms with Gasteiger partial charge in [0.25, 0.3) is 0 Å². The van der Waals surface area contributed by atoms with Crippen LogP contribution in [0.25, 0.3) is 22.3 Å². The molecule has 0 unspecified atom stereocenters. The van der Waals surface area contributed by atoms with Crippen molar-refractivity contribution in [3.63, 3.8) is 0 Å². The van der Waals surface area contributed by atoms with Crippen molar-refractivity contribution in [1.29, 1.82) is 0 Å². The molecule has 3 aromatic rings. The van der Waals surface area contributed by atoms with Crippen molar-refractivity contribution < 1.29 is 9.90 Å². The first-order chi connectivity index (χ1) is 12.7. The summed E-state index contributed by atoms with van der Waals surface area (Å²) in [6.45, 7) is 1.90. The van der Waals surface area contributed by atoms with Gasteiger partial charge in [0.05, 0.1) is 0 Å². The Hall–Kier alpha value is -2.52. The third kappa shape index (κ3) is 4.36. The van der Waals surface area contributed by atoms with E-state index < -0.39 is 0 Å². The van der Waals surface area contributed by atoms with Gasteiger partial charge in [-0.1, -0.05) is 67.6 Å². The van der Waals surface area contributed by atoms with E-state index in [1.165, 1.54) is 0 Å². The summed E-state index contributed by atoms with van der Waals surface area (Å²) in [7, 11) is 0. The summed E-state index contributed by atoms with van der Waals surface area (Å²) in [5, 5.41) is 10.9. The summed E-state index contributed by atoms with van der Waals surface area (Å²) < 4.78 is 0. The lowest BCUT2D eigenvalue weighted by atomic mass is 9.97. The molecule has 2 nitrogen and oxygen atoms in total. The lowest BCUT2D eigenvalue weighted by Gasteiger charge is -2.14. The Bertz CT molecular complexity index is 813. The van der Waals surface area contributed by atoms with Crippen molar-refractivity contribution in [1.82, 2.24) is 0 Å². The molecule has 0 aliphatic heterocycles. The molecule has 3 heteroatoms. The van der Waals surface area contributed by atoms with Gasteiger partial charge in [-0.15, -0.1) is 11.8 Å². The minimum Gasteiger partial charge on any atom is -0.507 e. The summed E-state index contributed by atoms with van der Waals surface area (Å²) in [5.74, 6) is 1.32. The molecule has 1 N–H and O–H groups in total. The van der Waals surface area contributed by atoms with Gasteiger partial charge in [-0.2, -0.15) is 0 Å². The van der Waals surface area contributed by atoms with E-state index in [1.54, 1.807) is 11.8 Å². The minimum absolute atomic E-state index is 0.280. The molecule has 0 radical (unpaired) electrons. The highest BCUT2D eigenvalue weighted by molar-refractivity contribution is 7.99. The predicted molar refractivity (Wildman–Crippen MR) is 110 cm³/mol. The van der Waals surface area contributed by atoms with Crippen LogP contribution in [0.4, 0.5) is 0 Å². The Kier molecular flexibility index (Phi) is 6.13. The Morgan fingerprint density at radius 3 is 1.85 bits per heavy atom. The lowest BCUT2D eigenvalue weighted by molar-refractivity contribution is -0.118. The lowest BCUT2D eigenvalue weighted by Crippen LogP contribution is -1.96. The zero-order valence-electron chi connectivity index (χ0n) is 14.8. The van der Waals surface area contributed by atoms with E-state index in [4.69, 9.17) is 0 Å². The number of phenols is 1. The molecule has 3 rings (SSSR count). The van der Waals surface area contributed by atoms with Crippen LogP contribution in [-0.2, 0) is 4.79 Å². The smallest absolute Gasteiger partial charge is 0.133 e. The average molecular weight is 362 g/mol. The van der Waals surface area contributed by atoms with Gasteiger partial charge in [-0.05, 0) is 23.3 Å². The molecule has 26 heavy (non-hydrogen) atoms. The molecular formula is C23H22O2S. The number of thioether (sulfide) groups is 1. The van der Waals surface area contributed by atoms with Crippen LogP contribution < -0.4 is 0 Å². The first kappa shape index (κ1) is 18.3.